The number of hydrogen-bond donors (Lipinski definition) is 0. The normalized spacial score (nSPS) is 14.8. The molecular weight excluding hydrogens is 432 g/mol. The highest BCUT2D eigenvalue weighted by Gasteiger charge is 2.34. The smallest absolute Gasteiger partial charge is 0.298 e. The first-order chi connectivity index (χ1) is 13.6. The zero-order valence-corrected chi connectivity index (χ0v) is 16.4. The van der Waals surface area contributed by atoms with Gasteiger partial charge in [0, 0.05) is 10.6 Å². The van der Waals surface area contributed by atoms with Crippen LogP contribution in [0.4, 0.5) is 23.7 Å². The number of aromatic nitrogens is 1. The van der Waals surface area contributed by atoms with E-state index in [1.54, 1.807) is 12.1 Å². The van der Waals surface area contributed by atoms with Crippen LogP contribution in [-0.4, -0.2) is 40.6 Å². The zero-order chi connectivity index (χ0) is 21.3. The number of Topliss-reactive ketones (excluding diaryl/α,β-unsaturated/α-hetero) is 1. The fourth-order valence-electron chi connectivity index (χ4n) is 2.67. The lowest BCUT2D eigenvalue weighted by molar-refractivity contribution is -0.141. The molecule has 2 amide bonds. The molecule has 152 valence electrons. The van der Waals surface area contributed by atoms with Crippen LogP contribution in [0.2, 0.25) is 10.0 Å². The van der Waals surface area contributed by atoms with Gasteiger partial charge in [-0.05, 0) is 31.2 Å². The molecule has 3 rings (SSSR count). The van der Waals surface area contributed by atoms with Crippen molar-refractivity contribution in [2.75, 3.05) is 18.0 Å². The summed E-state index contributed by atoms with van der Waals surface area (Å²) in [6.07, 6.45) is -3.66. The van der Waals surface area contributed by atoms with E-state index in [-0.39, 0.29) is 29.6 Å². The second kappa shape index (κ2) is 8.00. The van der Waals surface area contributed by atoms with E-state index in [1.807, 2.05) is 0 Å². The number of carbonyl (C=O) groups excluding carboxylic acids is 2. The lowest BCUT2D eigenvalue weighted by Gasteiger charge is -2.33. The van der Waals surface area contributed by atoms with Crippen molar-refractivity contribution in [3.63, 3.8) is 0 Å². The number of urea groups is 1. The van der Waals surface area contributed by atoms with Crippen molar-refractivity contribution < 1.29 is 22.8 Å². The number of alkyl halides is 3. The van der Waals surface area contributed by atoms with Gasteiger partial charge in [0.1, 0.15) is 12.2 Å². The molecular formula is C18H13Cl2F3N4O2. The molecule has 0 N–H and O–H groups in total. The van der Waals surface area contributed by atoms with Crippen molar-refractivity contribution in [3.05, 3.63) is 57.8 Å². The van der Waals surface area contributed by atoms with Gasteiger partial charge in [-0.25, -0.2) is 14.8 Å². The number of amides is 2. The Hall–Kier alpha value is -2.65. The molecule has 0 saturated heterocycles. The number of ketones is 1. The molecule has 6 nitrogen and oxygen atoms in total. The number of rotatable bonds is 4. The first-order valence-electron chi connectivity index (χ1n) is 8.21. The Morgan fingerprint density at radius 2 is 1.93 bits per heavy atom. The number of halogens is 5. The molecule has 2 aromatic rings. The summed E-state index contributed by atoms with van der Waals surface area (Å²) in [5.74, 6) is -0.323. The summed E-state index contributed by atoms with van der Waals surface area (Å²) in [6, 6.07) is 5.92. The zero-order valence-electron chi connectivity index (χ0n) is 14.9. The molecule has 0 saturated carbocycles. The predicted molar refractivity (Wildman–Crippen MR) is 102 cm³/mol. The standard InChI is InChI=1S/C18H13Cl2F3N4O2/c1-10(28)8-27-17(29)26(12-3-5-16(24-7-12)18(21,22)23)9-15(25-27)13-4-2-11(19)6-14(13)20/h2-7H,8-9H2,1H3. The Morgan fingerprint density at radius 1 is 1.21 bits per heavy atom. The molecule has 1 aromatic carbocycles. The molecule has 0 bridgehead atoms. The Labute approximate surface area is 173 Å². The average molecular weight is 445 g/mol. The molecule has 0 fully saturated rings. The number of hydrazone groups is 1. The predicted octanol–water partition coefficient (Wildman–Crippen LogP) is 4.64. The van der Waals surface area contributed by atoms with Crippen molar-refractivity contribution in [2.24, 2.45) is 5.10 Å². The Kier molecular flexibility index (Phi) is 5.81. The van der Waals surface area contributed by atoms with E-state index in [0.717, 1.165) is 23.3 Å². The summed E-state index contributed by atoms with van der Waals surface area (Å²) in [5, 5.41) is 5.82. The molecule has 11 heteroatoms. The van der Waals surface area contributed by atoms with Gasteiger partial charge in [0.2, 0.25) is 0 Å². The van der Waals surface area contributed by atoms with Crippen molar-refractivity contribution in [2.45, 2.75) is 13.1 Å². The third-order valence-electron chi connectivity index (χ3n) is 3.97. The fourth-order valence-corrected chi connectivity index (χ4v) is 3.19. The molecule has 29 heavy (non-hydrogen) atoms. The third-order valence-corrected chi connectivity index (χ3v) is 4.51. The number of pyridine rings is 1. The Morgan fingerprint density at radius 3 is 2.48 bits per heavy atom. The van der Waals surface area contributed by atoms with Gasteiger partial charge in [0.05, 0.1) is 29.2 Å². The summed E-state index contributed by atoms with van der Waals surface area (Å²) < 4.78 is 38.3. The minimum Gasteiger partial charge on any atom is -0.298 e. The van der Waals surface area contributed by atoms with Gasteiger partial charge in [-0.1, -0.05) is 29.3 Å². The van der Waals surface area contributed by atoms with Gasteiger partial charge < -0.3 is 0 Å². The Balaban J connectivity index is 2.01. The lowest BCUT2D eigenvalue weighted by atomic mass is 10.1. The van der Waals surface area contributed by atoms with Crippen LogP contribution >= 0.6 is 23.2 Å². The van der Waals surface area contributed by atoms with E-state index in [1.165, 1.54) is 17.9 Å². The maximum atomic E-state index is 12.8. The van der Waals surface area contributed by atoms with Crippen LogP contribution < -0.4 is 4.90 Å². The molecule has 0 unspecified atom stereocenters. The highest BCUT2D eigenvalue weighted by molar-refractivity contribution is 6.37. The summed E-state index contributed by atoms with van der Waals surface area (Å²) in [7, 11) is 0. The minimum absolute atomic E-state index is 0.0817. The number of nitrogens with zero attached hydrogens (tertiary/aromatic N) is 4. The van der Waals surface area contributed by atoms with Crippen LogP contribution in [0.3, 0.4) is 0 Å². The van der Waals surface area contributed by atoms with Gasteiger partial charge in [-0.2, -0.15) is 18.3 Å². The molecule has 1 aliphatic heterocycles. The largest absolute Gasteiger partial charge is 0.433 e. The fraction of sp³-hybridized carbons (Fsp3) is 0.222. The number of benzene rings is 1. The molecule has 0 radical (unpaired) electrons. The van der Waals surface area contributed by atoms with Crippen molar-refractivity contribution in [3.8, 4) is 0 Å². The highest BCUT2D eigenvalue weighted by atomic mass is 35.5. The summed E-state index contributed by atoms with van der Waals surface area (Å²) >= 11 is 12.1. The van der Waals surface area contributed by atoms with E-state index < -0.39 is 17.9 Å². The van der Waals surface area contributed by atoms with Crippen LogP contribution in [0.5, 0.6) is 0 Å². The van der Waals surface area contributed by atoms with Crippen molar-refractivity contribution in [1.82, 2.24) is 9.99 Å². The summed E-state index contributed by atoms with van der Waals surface area (Å²) in [4.78, 5) is 28.9. The molecule has 1 aliphatic rings. The molecule has 2 heterocycles. The number of anilines is 1. The first kappa shape index (κ1) is 21.1. The van der Waals surface area contributed by atoms with Gasteiger partial charge in [-0.3, -0.25) is 9.69 Å². The second-order valence-electron chi connectivity index (χ2n) is 6.20. The number of carbonyl (C=O) groups is 2. The summed E-state index contributed by atoms with van der Waals surface area (Å²) in [5.41, 5.74) is -0.149. The van der Waals surface area contributed by atoms with E-state index in [4.69, 9.17) is 23.2 Å². The van der Waals surface area contributed by atoms with Gasteiger partial charge in [0.15, 0.2) is 5.78 Å². The van der Waals surface area contributed by atoms with E-state index in [9.17, 15) is 22.8 Å². The molecule has 1 aromatic heterocycles. The summed E-state index contributed by atoms with van der Waals surface area (Å²) in [6.45, 7) is 0.899. The average Bonchev–Trinajstić information content (AvgIpc) is 2.62. The molecule has 0 atom stereocenters. The van der Waals surface area contributed by atoms with Crippen LogP contribution in [0.15, 0.2) is 41.6 Å². The van der Waals surface area contributed by atoms with Crippen molar-refractivity contribution in [1.29, 1.82) is 0 Å². The highest BCUT2D eigenvalue weighted by Crippen LogP contribution is 2.30. The van der Waals surface area contributed by atoms with E-state index >= 15 is 0 Å². The van der Waals surface area contributed by atoms with Gasteiger partial charge in [-0.15, -0.1) is 0 Å². The lowest BCUT2D eigenvalue weighted by Crippen LogP contribution is -2.50. The number of hydrogen-bond acceptors (Lipinski definition) is 4. The maximum absolute atomic E-state index is 12.8. The minimum atomic E-state index is -4.60. The second-order valence-corrected chi connectivity index (χ2v) is 7.04. The Bertz CT molecular complexity index is 994. The quantitative estimate of drug-likeness (QED) is 0.689. The van der Waals surface area contributed by atoms with Gasteiger partial charge in [0.25, 0.3) is 0 Å². The van der Waals surface area contributed by atoms with E-state index in [0.29, 0.717) is 16.3 Å². The third kappa shape index (κ3) is 4.68. The maximum Gasteiger partial charge on any atom is 0.433 e. The molecule has 0 spiro atoms. The van der Waals surface area contributed by atoms with Crippen molar-refractivity contribution >= 4 is 46.4 Å². The van der Waals surface area contributed by atoms with Crippen LogP contribution in [0.1, 0.15) is 18.2 Å². The molecule has 0 aliphatic carbocycles. The first-order valence-corrected chi connectivity index (χ1v) is 8.96. The van der Waals surface area contributed by atoms with Gasteiger partial charge >= 0.3 is 12.2 Å². The monoisotopic (exact) mass is 444 g/mol. The topological polar surface area (TPSA) is 65.9 Å². The van der Waals surface area contributed by atoms with Crippen LogP contribution in [0.25, 0.3) is 0 Å². The van der Waals surface area contributed by atoms with Crippen LogP contribution in [-0.2, 0) is 11.0 Å². The SMILES string of the molecule is CC(=O)CN1N=C(c2ccc(Cl)cc2Cl)CN(c2ccc(C(F)(F)F)nc2)C1=O. The van der Waals surface area contributed by atoms with Crippen LogP contribution in [0, 0.1) is 0 Å². The van der Waals surface area contributed by atoms with E-state index in [2.05, 4.69) is 10.1 Å².